The molecule has 0 aliphatic carbocycles. The maximum absolute atomic E-state index is 12.4. The molecule has 0 unspecified atom stereocenters. The summed E-state index contributed by atoms with van der Waals surface area (Å²) in [5.74, 6) is 2.98. The SMILES string of the molecule is C#CCNC(=O)c1ccc(NCC2CCN(CC(F)(F)F)CC2)nc1. The molecule has 0 bridgehead atoms. The normalized spacial score (nSPS) is 16.2. The first-order valence-corrected chi connectivity index (χ1v) is 8.08. The molecule has 0 atom stereocenters. The number of terminal acetylenes is 1. The number of nitrogens with zero attached hydrogens (tertiary/aromatic N) is 2. The molecule has 2 N–H and O–H groups in total. The Kier molecular flexibility index (Phi) is 6.65. The number of hydrogen-bond donors (Lipinski definition) is 2. The van der Waals surface area contributed by atoms with Gasteiger partial charge in [0.2, 0.25) is 0 Å². The Labute approximate surface area is 145 Å². The smallest absolute Gasteiger partial charge is 0.370 e. The molecule has 1 fully saturated rings. The average Bonchev–Trinajstić information content (AvgIpc) is 2.58. The summed E-state index contributed by atoms with van der Waals surface area (Å²) in [4.78, 5) is 17.3. The minimum atomic E-state index is -4.14. The van der Waals surface area contributed by atoms with Gasteiger partial charge >= 0.3 is 6.18 Å². The minimum Gasteiger partial charge on any atom is -0.370 e. The van der Waals surface area contributed by atoms with Crippen molar-refractivity contribution in [3.63, 3.8) is 0 Å². The van der Waals surface area contributed by atoms with Crippen LogP contribution < -0.4 is 10.6 Å². The third-order valence-corrected chi connectivity index (χ3v) is 4.06. The summed E-state index contributed by atoms with van der Waals surface area (Å²) in [5.41, 5.74) is 0.418. The van der Waals surface area contributed by atoms with Gasteiger partial charge in [-0.05, 0) is 44.0 Å². The quantitative estimate of drug-likeness (QED) is 0.769. The fourth-order valence-electron chi connectivity index (χ4n) is 2.72. The van der Waals surface area contributed by atoms with Gasteiger partial charge in [0.15, 0.2) is 0 Å². The number of piperidine rings is 1. The molecule has 2 rings (SSSR count). The van der Waals surface area contributed by atoms with E-state index in [4.69, 9.17) is 6.42 Å². The molecule has 5 nitrogen and oxygen atoms in total. The zero-order chi connectivity index (χ0) is 18.3. The fourth-order valence-corrected chi connectivity index (χ4v) is 2.72. The van der Waals surface area contributed by atoms with Gasteiger partial charge in [0.25, 0.3) is 5.91 Å². The molecular weight excluding hydrogens is 333 g/mol. The maximum atomic E-state index is 12.4. The molecule has 1 aromatic heterocycles. The van der Waals surface area contributed by atoms with Gasteiger partial charge in [-0.2, -0.15) is 13.2 Å². The molecule has 0 aromatic carbocycles. The van der Waals surface area contributed by atoms with Crippen molar-refractivity contribution < 1.29 is 18.0 Å². The maximum Gasteiger partial charge on any atom is 0.401 e. The van der Waals surface area contributed by atoms with E-state index in [0.717, 1.165) is 12.8 Å². The van der Waals surface area contributed by atoms with Gasteiger partial charge in [0.1, 0.15) is 5.82 Å². The van der Waals surface area contributed by atoms with E-state index in [1.54, 1.807) is 12.1 Å². The third kappa shape index (κ3) is 6.63. The fraction of sp³-hybridized carbons (Fsp3) is 0.529. The number of halogens is 3. The first-order valence-electron chi connectivity index (χ1n) is 8.08. The second-order valence-corrected chi connectivity index (χ2v) is 6.03. The van der Waals surface area contributed by atoms with Crippen molar-refractivity contribution in [1.82, 2.24) is 15.2 Å². The minimum absolute atomic E-state index is 0.159. The Balaban J connectivity index is 1.73. The molecule has 1 amide bonds. The lowest BCUT2D eigenvalue weighted by atomic mass is 9.97. The third-order valence-electron chi connectivity index (χ3n) is 4.06. The summed E-state index contributed by atoms with van der Waals surface area (Å²) in [6.45, 7) is 0.875. The zero-order valence-electron chi connectivity index (χ0n) is 13.8. The van der Waals surface area contributed by atoms with Crippen molar-refractivity contribution >= 4 is 11.7 Å². The average molecular weight is 354 g/mol. The van der Waals surface area contributed by atoms with E-state index >= 15 is 0 Å². The molecule has 0 saturated carbocycles. The Morgan fingerprint density at radius 2 is 2.08 bits per heavy atom. The highest BCUT2D eigenvalue weighted by atomic mass is 19.4. The topological polar surface area (TPSA) is 57.3 Å². The van der Waals surface area contributed by atoms with Crippen LogP contribution in [0.3, 0.4) is 0 Å². The highest BCUT2D eigenvalue weighted by Crippen LogP contribution is 2.22. The molecular formula is C17H21F3N4O. The van der Waals surface area contributed by atoms with Crippen molar-refractivity contribution in [1.29, 1.82) is 0 Å². The number of carbonyl (C=O) groups excluding carboxylic acids is 1. The first kappa shape index (κ1) is 19.1. The Morgan fingerprint density at radius 3 is 2.64 bits per heavy atom. The highest BCUT2D eigenvalue weighted by molar-refractivity contribution is 5.94. The Hall–Kier alpha value is -2.27. The molecule has 25 heavy (non-hydrogen) atoms. The van der Waals surface area contributed by atoms with Crippen molar-refractivity contribution in [3.05, 3.63) is 23.9 Å². The Morgan fingerprint density at radius 1 is 1.36 bits per heavy atom. The predicted molar refractivity (Wildman–Crippen MR) is 89.1 cm³/mol. The van der Waals surface area contributed by atoms with Crippen molar-refractivity contribution in [2.45, 2.75) is 19.0 Å². The summed E-state index contributed by atoms with van der Waals surface area (Å²) in [6, 6.07) is 3.34. The summed E-state index contributed by atoms with van der Waals surface area (Å²) in [7, 11) is 0. The van der Waals surface area contributed by atoms with E-state index in [1.165, 1.54) is 11.1 Å². The Bertz CT molecular complexity index is 602. The zero-order valence-corrected chi connectivity index (χ0v) is 13.8. The van der Waals surface area contributed by atoms with Gasteiger partial charge in [-0.1, -0.05) is 5.92 Å². The van der Waals surface area contributed by atoms with Crippen molar-refractivity contribution in [2.75, 3.05) is 38.0 Å². The van der Waals surface area contributed by atoms with E-state index in [1.807, 2.05) is 0 Å². The number of hydrogen-bond acceptors (Lipinski definition) is 4. The van der Waals surface area contributed by atoms with Crippen LogP contribution >= 0.6 is 0 Å². The van der Waals surface area contributed by atoms with Crippen LogP contribution in [0.2, 0.25) is 0 Å². The number of pyridine rings is 1. The molecule has 136 valence electrons. The van der Waals surface area contributed by atoms with E-state index in [2.05, 4.69) is 21.5 Å². The lowest BCUT2D eigenvalue weighted by molar-refractivity contribution is -0.148. The monoisotopic (exact) mass is 354 g/mol. The van der Waals surface area contributed by atoms with Gasteiger partial charge in [-0.25, -0.2) is 4.98 Å². The van der Waals surface area contributed by atoms with Crippen LogP contribution in [0.5, 0.6) is 0 Å². The summed E-state index contributed by atoms with van der Waals surface area (Å²) in [5, 5.41) is 5.72. The van der Waals surface area contributed by atoms with Crippen LogP contribution in [0.4, 0.5) is 19.0 Å². The van der Waals surface area contributed by atoms with Crippen LogP contribution in [0.25, 0.3) is 0 Å². The van der Waals surface area contributed by atoms with Crippen molar-refractivity contribution in [2.24, 2.45) is 5.92 Å². The lowest BCUT2D eigenvalue weighted by Crippen LogP contribution is -2.41. The van der Waals surface area contributed by atoms with Gasteiger partial charge in [-0.15, -0.1) is 6.42 Å². The van der Waals surface area contributed by atoms with E-state index < -0.39 is 12.7 Å². The molecule has 1 aliphatic rings. The number of amides is 1. The number of carbonyl (C=O) groups is 1. The first-order chi connectivity index (χ1) is 11.9. The molecule has 0 radical (unpaired) electrons. The highest BCUT2D eigenvalue weighted by Gasteiger charge is 2.32. The predicted octanol–water partition coefficient (Wildman–Crippen LogP) is 2.13. The number of likely N-dealkylation sites (tertiary alicyclic amines) is 1. The van der Waals surface area contributed by atoms with Gasteiger partial charge in [0, 0.05) is 12.7 Å². The molecule has 2 heterocycles. The number of nitrogens with one attached hydrogen (secondary N) is 2. The van der Waals surface area contributed by atoms with Crippen LogP contribution in [-0.2, 0) is 0 Å². The number of anilines is 1. The second kappa shape index (κ2) is 8.72. The summed E-state index contributed by atoms with van der Waals surface area (Å²) < 4.78 is 37.1. The van der Waals surface area contributed by atoms with Crippen LogP contribution in [0, 0.1) is 18.3 Å². The van der Waals surface area contributed by atoms with Crippen molar-refractivity contribution in [3.8, 4) is 12.3 Å². The summed E-state index contributed by atoms with van der Waals surface area (Å²) in [6.07, 6.45) is 3.84. The standard InChI is InChI=1S/C17H21F3N4O/c1-2-7-21-16(25)14-3-4-15(23-11-14)22-10-13-5-8-24(9-6-13)12-17(18,19)20/h1,3-4,11,13H,5-10,12H2,(H,21,25)(H,22,23). The molecule has 0 spiro atoms. The van der Waals surface area contributed by atoms with E-state index in [-0.39, 0.29) is 12.5 Å². The summed E-state index contributed by atoms with van der Waals surface area (Å²) >= 11 is 0. The van der Waals surface area contributed by atoms with Crippen LogP contribution in [0.1, 0.15) is 23.2 Å². The van der Waals surface area contributed by atoms with Crippen LogP contribution in [-0.4, -0.2) is 54.7 Å². The van der Waals surface area contributed by atoms with Crippen LogP contribution in [0.15, 0.2) is 18.3 Å². The second-order valence-electron chi connectivity index (χ2n) is 6.03. The number of aromatic nitrogens is 1. The molecule has 8 heteroatoms. The van der Waals surface area contributed by atoms with E-state index in [9.17, 15) is 18.0 Å². The largest absolute Gasteiger partial charge is 0.401 e. The number of rotatable bonds is 6. The lowest BCUT2D eigenvalue weighted by Gasteiger charge is -2.32. The van der Waals surface area contributed by atoms with Gasteiger partial charge < -0.3 is 10.6 Å². The van der Waals surface area contributed by atoms with Gasteiger partial charge in [-0.3, -0.25) is 9.69 Å². The molecule has 1 saturated heterocycles. The van der Waals surface area contributed by atoms with Gasteiger partial charge in [0.05, 0.1) is 18.7 Å². The number of alkyl halides is 3. The molecule has 1 aliphatic heterocycles. The molecule has 1 aromatic rings. The van der Waals surface area contributed by atoms with E-state index in [0.29, 0.717) is 36.9 Å².